The van der Waals surface area contributed by atoms with Gasteiger partial charge in [0.1, 0.15) is 0 Å². The summed E-state index contributed by atoms with van der Waals surface area (Å²) in [7, 11) is 0. The molecule has 1 amide bonds. The molecule has 1 heterocycles. The highest BCUT2D eigenvalue weighted by atomic mass is 16.6. The second-order valence-corrected chi connectivity index (χ2v) is 13.0. The SMILES string of the molecule is CCCCC/C=C\C/C=C\C/C=C\CC1OC1CCCC(=O)N[C@@H](CO)[C@H](O)/C=C/CCCCCCCCCCCCCCC. The van der Waals surface area contributed by atoms with Gasteiger partial charge in [-0.2, -0.15) is 0 Å². The molecule has 1 aliphatic heterocycles. The molecule has 1 aliphatic rings. The number of aliphatic hydroxyl groups excluding tert-OH is 2. The van der Waals surface area contributed by atoms with Gasteiger partial charge in [-0.3, -0.25) is 4.79 Å². The minimum absolute atomic E-state index is 0.127. The maximum absolute atomic E-state index is 12.4. The normalized spacial score (nSPS) is 18.1. The Morgan fingerprint density at radius 3 is 1.80 bits per heavy atom. The van der Waals surface area contributed by atoms with E-state index in [1.165, 1.54) is 103 Å². The van der Waals surface area contributed by atoms with Crippen LogP contribution in [0.1, 0.15) is 168 Å². The molecule has 0 saturated carbocycles. The van der Waals surface area contributed by atoms with Crippen molar-refractivity contribution in [3.63, 3.8) is 0 Å². The quantitative estimate of drug-likeness (QED) is 0.0393. The highest BCUT2D eigenvalue weighted by Crippen LogP contribution is 2.30. The number of amides is 1. The molecule has 2 unspecified atom stereocenters. The highest BCUT2D eigenvalue weighted by Gasteiger charge is 2.36. The van der Waals surface area contributed by atoms with Crippen LogP contribution in [0.5, 0.6) is 0 Å². The summed E-state index contributed by atoms with van der Waals surface area (Å²) in [5.41, 5.74) is 0. The Balaban J connectivity index is 2.00. The van der Waals surface area contributed by atoms with Gasteiger partial charge in [0.2, 0.25) is 5.91 Å². The summed E-state index contributed by atoms with van der Waals surface area (Å²) < 4.78 is 5.76. The number of unbranched alkanes of at least 4 members (excludes halogenated alkanes) is 16. The number of ether oxygens (including phenoxy) is 1. The smallest absolute Gasteiger partial charge is 0.220 e. The molecule has 260 valence electrons. The van der Waals surface area contributed by atoms with Crippen LogP contribution >= 0.6 is 0 Å². The molecule has 0 spiro atoms. The van der Waals surface area contributed by atoms with Crippen LogP contribution in [-0.4, -0.2) is 47.1 Å². The van der Waals surface area contributed by atoms with E-state index in [1.807, 2.05) is 6.08 Å². The number of hydrogen-bond acceptors (Lipinski definition) is 4. The fourth-order valence-corrected chi connectivity index (χ4v) is 5.67. The second kappa shape index (κ2) is 30.9. The van der Waals surface area contributed by atoms with Crippen LogP contribution in [0.25, 0.3) is 0 Å². The van der Waals surface area contributed by atoms with Gasteiger partial charge in [0.15, 0.2) is 0 Å². The molecular weight excluding hydrogens is 558 g/mol. The van der Waals surface area contributed by atoms with E-state index >= 15 is 0 Å². The average Bonchev–Trinajstić information content (AvgIpc) is 3.79. The number of rotatable bonds is 32. The van der Waals surface area contributed by atoms with Gasteiger partial charge in [0.25, 0.3) is 0 Å². The first-order valence-electron chi connectivity index (χ1n) is 19.0. The fourth-order valence-electron chi connectivity index (χ4n) is 5.67. The van der Waals surface area contributed by atoms with Gasteiger partial charge < -0.3 is 20.3 Å². The van der Waals surface area contributed by atoms with Crippen molar-refractivity contribution in [2.45, 2.75) is 192 Å². The number of carbonyl (C=O) groups is 1. The Labute approximate surface area is 278 Å². The van der Waals surface area contributed by atoms with E-state index in [2.05, 4.69) is 55.6 Å². The van der Waals surface area contributed by atoms with Gasteiger partial charge in [0.05, 0.1) is 31.0 Å². The topological polar surface area (TPSA) is 82.1 Å². The van der Waals surface area contributed by atoms with E-state index in [0.29, 0.717) is 6.42 Å². The van der Waals surface area contributed by atoms with Crippen molar-refractivity contribution < 1.29 is 19.7 Å². The first-order valence-corrected chi connectivity index (χ1v) is 19.0. The van der Waals surface area contributed by atoms with Crippen LogP contribution < -0.4 is 5.32 Å². The number of allylic oxidation sites excluding steroid dienone is 6. The molecule has 1 saturated heterocycles. The lowest BCUT2D eigenvalue weighted by atomic mass is 10.0. The minimum atomic E-state index is -0.870. The molecule has 5 heteroatoms. The molecule has 0 aromatic rings. The standard InChI is InChI=1S/C40H71NO4/c1-3-5-7-9-11-13-15-17-18-19-20-22-24-26-28-31-37(43)36(35-42)41-40(44)34-30-33-39-38(45-39)32-29-27-25-23-21-16-14-12-10-8-6-4-2/h12,14,21,23,27-29,31,36-39,42-43H,3-11,13,15-20,22,24-26,30,32-35H2,1-2H3,(H,41,44)/b14-12-,23-21-,29-27-,31-28+/t36-,37+,38?,39?/m0/s1. The Morgan fingerprint density at radius 2 is 1.18 bits per heavy atom. The number of aliphatic hydroxyl groups is 2. The fraction of sp³-hybridized carbons (Fsp3) is 0.775. The van der Waals surface area contributed by atoms with Crippen LogP contribution in [0.2, 0.25) is 0 Å². The van der Waals surface area contributed by atoms with Crippen molar-refractivity contribution in [3.05, 3.63) is 48.6 Å². The predicted molar refractivity (Wildman–Crippen MR) is 192 cm³/mol. The molecule has 1 rings (SSSR count). The molecular formula is C40H71NO4. The van der Waals surface area contributed by atoms with Crippen molar-refractivity contribution in [2.75, 3.05) is 6.61 Å². The first kappa shape index (κ1) is 41.3. The summed E-state index contributed by atoms with van der Waals surface area (Å²) in [5.74, 6) is -0.127. The third-order valence-corrected chi connectivity index (χ3v) is 8.73. The van der Waals surface area contributed by atoms with Gasteiger partial charge in [-0.25, -0.2) is 0 Å². The Bertz CT molecular complexity index is 789. The zero-order valence-corrected chi connectivity index (χ0v) is 29.3. The van der Waals surface area contributed by atoms with E-state index in [9.17, 15) is 15.0 Å². The maximum Gasteiger partial charge on any atom is 0.220 e. The molecule has 0 aromatic heterocycles. The average molecular weight is 630 g/mol. The zero-order chi connectivity index (χ0) is 32.6. The molecule has 0 radical (unpaired) electrons. The lowest BCUT2D eigenvalue weighted by Crippen LogP contribution is -2.45. The van der Waals surface area contributed by atoms with Gasteiger partial charge in [-0.1, -0.05) is 152 Å². The molecule has 4 atom stereocenters. The lowest BCUT2D eigenvalue weighted by molar-refractivity contribution is -0.123. The molecule has 45 heavy (non-hydrogen) atoms. The van der Waals surface area contributed by atoms with Crippen molar-refractivity contribution in [2.24, 2.45) is 0 Å². The zero-order valence-electron chi connectivity index (χ0n) is 29.3. The van der Waals surface area contributed by atoms with Crippen LogP contribution in [0, 0.1) is 0 Å². The van der Waals surface area contributed by atoms with Crippen LogP contribution in [0.3, 0.4) is 0 Å². The molecule has 5 nitrogen and oxygen atoms in total. The summed E-state index contributed by atoms with van der Waals surface area (Å²) >= 11 is 0. The van der Waals surface area contributed by atoms with Gasteiger partial charge in [-0.05, 0) is 57.8 Å². The summed E-state index contributed by atoms with van der Waals surface area (Å²) in [6, 6.07) is -0.661. The van der Waals surface area contributed by atoms with Crippen LogP contribution in [0.15, 0.2) is 48.6 Å². The summed E-state index contributed by atoms with van der Waals surface area (Å²) in [6.45, 7) is 4.23. The largest absolute Gasteiger partial charge is 0.394 e. The first-order chi connectivity index (χ1) is 22.1. The molecule has 1 fully saturated rings. The molecule has 0 aromatic carbocycles. The monoisotopic (exact) mass is 630 g/mol. The van der Waals surface area contributed by atoms with E-state index in [-0.39, 0.29) is 24.7 Å². The minimum Gasteiger partial charge on any atom is -0.394 e. The summed E-state index contributed by atoms with van der Waals surface area (Å²) in [6.07, 6.45) is 45.0. The Kier molecular flexibility index (Phi) is 28.4. The molecule has 0 aliphatic carbocycles. The predicted octanol–water partition coefficient (Wildman–Crippen LogP) is 10.2. The van der Waals surface area contributed by atoms with Crippen molar-refractivity contribution in [1.29, 1.82) is 0 Å². The van der Waals surface area contributed by atoms with Crippen LogP contribution in [-0.2, 0) is 9.53 Å². The van der Waals surface area contributed by atoms with E-state index in [0.717, 1.165) is 44.9 Å². The van der Waals surface area contributed by atoms with Crippen molar-refractivity contribution in [1.82, 2.24) is 5.32 Å². The van der Waals surface area contributed by atoms with Crippen LogP contribution in [0.4, 0.5) is 0 Å². The van der Waals surface area contributed by atoms with Crippen molar-refractivity contribution in [3.8, 4) is 0 Å². The van der Waals surface area contributed by atoms with Gasteiger partial charge in [-0.15, -0.1) is 0 Å². The van der Waals surface area contributed by atoms with E-state index in [4.69, 9.17) is 4.74 Å². The molecule has 0 bridgehead atoms. The molecule has 3 N–H and O–H groups in total. The highest BCUT2D eigenvalue weighted by molar-refractivity contribution is 5.76. The second-order valence-electron chi connectivity index (χ2n) is 13.0. The Hall–Kier alpha value is -1.69. The number of epoxide rings is 1. The van der Waals surface area contributed by atoms with Gasteiger partial charge >= 0.3 is 0 Å². The third-order valence-electron chi connectivity index (χ3n) is 8.73. The van der Waals surface area contributed by atoms with E-state index in [1.54, 1.807) is 6.08 Å². The lowest BCUT2D eigenvalue weighted by Gasteiger charge is -2.19. The van der Waals surface area contributed by atoms with E-state index < -0.39 is 12.1 Å². The number of nitrogens with one attached hydrogen (secondary N) is 1. The van der Waals surface area contributed by atoms with Gasteiger partial charge in [0, 0.05) is 6.42 Å². The third kappa shape index (κ3) is 26.1. The summed E-state index contributed by atoms with van der Waals surface area (Å²) in [4.78, 5) is 12.4. The Morgan fingerprint density at radius 1 is 0.667 bits per heavy atom. The van der Waals surface area contributed by atoms with Crippen molar-refractivity contribution >= 4 is 5.91 Å². The number of carbonyl (C=O) groups excluding carboxylic acids is 1. The number of hydrogen-bond donors (Lipinski definition) is 3. The summed E-state index contributed by atoms with van der Waals surface area (Å²) in [5, 5.41) is 22.9. The maximum atomic E-state index is 12.4.